The van der Waals surface area contributed by atoms with E-state index < -0.39 is 0 Å². The quantitative estimate of drug-likeness (QED) is 0.721. The smallest absolute Gasteiger partial charge is 0.258 e. The largest absolute Gasteiger partial charge is 0.370 e. The number of fused-ring (bicyclic) bond motifs is 1. The number of amides is 1. The molecule has 1 N–H and O–H groups in total. The van der Waals surface area contributed by atoms with Gasteiger partial charge in [0, 0.05) is 19.4 Å². The lowest BCUT2D eigenvalue weighted by atomic mass is 10.1. The Bertz CT molecular complexity index is 1060. The normalized spacial score (nSPS) is 16.9. The monoisotopic (exact) mass is 395 g/mol. The van der Waals surface area contributed by atoms with E-state index in [-0.39, 0.29) is 23.4 Å². The van der Waals surface area contributed by atoms with Crippen LogP contribution in [0.3, 0.4) is 0 Å². The summed E-state index contributed by atoms with van der Waals surface area (Å²) in [7, 11) is 0. The molecule has 1 saturated heterocycles. The average molecular weight is 395 g/mol. The summed E-state index contributed by atoms with van der Waals surface area (Å²) in [6.45, 7) is 1.45. The number of nitrogens with one attached hydrogen (secondary N) is 1. The van der Waals surface area contributed by atoms with Crippen LogP contribution in [0.4, 0.5) is 4.39 Å². The van der Waals surface area contributed by atoms with Crippen LogP contribution >= 0.6 is 0 Å². The molecule has 29 heavy (non-hydrogen) atoms. The maximum Gasteiger partial charge on any atom is 0.258 e. The maximum atomic E-state index is 13.1. The van der Waals surface area contributed by atoms with Gasteiger partial charge in [-0.15, -0.1) is 0 Å². The van der Waals surface area contributed by atoms with Crippen molar-refractivity contribution in [2.75, 3.05) is 19.7 Å². The highest BCUT2D eigenvalue weighted by Gasteiger charge is 2.25. The molecule has 3 aromatic rings. The first-order valence-corrected chi connectivity index (χ1v) is 9.73. The molecule has 2 aromatic carbocycles. The standard InChI is InChI=1S/C22H22FN3O3/c23-16-10-8-15(9-11-16)19-14-26(12-13-29-19)21(27)7-3-6-20-24-18-5-2-1-4-17(18)22(28)25-20/h1-2,4-5,8-11,19H,3,6-7,12-14H2,(H,24,25,28)/t19-/m1/s1. The van der Waals surface area contributed by atoms with Gasteiger partial charge in [0.05, 0.1) is 24.1 Å². The van der Waals surface area contributed by atoms with Crippen LogP contribution in [0.2, 0.25) is 0 Å². The van der Waals surface area contributed by atoms with Crippen molar-refractivity contribution in [2.45, 2.75) is 25.4 Å². The second-order valence-electron chi connectivity index (χ2n) is 7.13. The van der Waals surface area contributed by atoms with Crippen LogP contribution < -0.4 is 5.56 Å². The molecular weight excluding hydrogens is 373 g/mol. The Morgan fingerprint density at radius 1 is 1.21 bits per heavy atom. The number of aromatic amines is 1. The number of para-hydroxylation sites is 1. The Hall–Kier alpha value is -3.06. The van der Waals surface area contributed by atoms with E-state index in [2.05, 4.69) is 9.97 Å². The SMILES string of the molecule is O=C(CCCc1nc2ccccc2c(=O)[nH]1)N1CCO[C@@H](c2ccc(F)cc2)C1. The van der Waals surface area contributed by atoms with E-state index in [1.807, 2.05) is 12.1 Å². The van der Waals surface area contributed by atoms with Gasteiger partial charge in [0.25, 0.3) is 5.56 Å². The number of aryl methyl sites for hydroxylation is 1. The summed E-state index contributed by atoms with van der Waals surface area (Å²) in [5.41, 5.74) is 1.36. The van der Waals surface area contributed by atoms with Crippen LogP contribution in [0.15, 0.2) is 53.3 Å². The lowest BCUT2D eigenvalue weighted by Crippen LogP contribution is -2.42. The Morgan fingerprint density at radius 3 is 2.83 bits per heavy atom. The van der Waals surface area contributed by atoms with E-state index >= 15 is 0 Å². The third kappa shape index (κ3) is 4.51. The maximum absolute atomic E-state index is 13.1. The van der Waals surface area contributed by atoms with Gasteiger partial charge in [0.1, 0.15) is 17.7 Å². The molecule has 0 radical (unpaired) electrons. The number of hydrogen-bond donors (Lipinski definition) is 1. The van der Waals surface area contributed by atoms with Crippen LogP contribution in [-0.2, 0) is 16.0 Å². The lowest BCUT2D eigenvalue weighted by molar-refractivity contribution is -0.139. The molecule has 1 aliphatic heterocycles. The molecule has 1 aliphatic rings. The molecule has 4 rings (SSSR count). The van der Waals surface area contributed by atoms with Gasteiger partial charge in [-0.1, -0.05) is 24.3 Å². The van der Waals surface area contributed by atoms with Crippen LogP contribution in [0.1, 0.15) is 30.3 Å². The molecule has 0 bridgehead atoms. The third-order valence-electron chi connectivity index (χ3n) is 5.13. The molecular formula is C22H22FN3O3. The van der Waals surface area contributed by atoms with E-state index in [0.717, 1.165) is 5.56 Å². The Labute approximate surface area is 167 Å². The molecule has 2 heterocycles. The number of carbonyl (C=O) groups is 1. The predicted octanol–water partition coefficient (Wildman–Crippen LogP) is 2.99. The van der Waals surface area contributed by atoms with Crippen LogP contribution in [0, 0.1) is 5.82 Å². The zero-order chi connectivity index (χ0) is 20.2. The number of H-pyrrole nitrogens is 1. The predicted molar refractivity (Wildman–Crippen MR) is 107 cm³/mol. The van der Waals surface area contributed by atoms with Crippen molar-refractivity contribution in [3.8, 4) is 0 Å². The molecule has 0 unspecified atom stereocenters. The van der Waals surface area contributed by atoms with E-state index in [9.17, 15) is 14.0 Å². The molecule has 1 aromatic heterocycles. The average Bonchev–Trinajstić information content (AvgIpc) is 2.74. The summed E-state index contributed by atoms with van der Waals surface area (Å²) in [4.78, 5) is 33.8. The minimum Gasteiger partial charge on any atom is -0.370 e. The lowest BCUT2D eigenvalue weighted by Gasteiger charge is -2.33. The van der Waals surface area contributed by atoms with Gasteiger partial charge < -0.3 is 14.6 Å². The van der Waals surface area contributed by atoms with Gasteiger partial charge >= 0.3 is 0 Å². The highest BCUT2D eigenvalue weighted by atomic mass is 19.1. The molecule has 7 heteroatoms. The molecule has 1 amide bonds. The zero-order valence-corrected chi connectivity index (χ0v) is 15.9. The number of benzene rings is 2. The summed E-state index contributed by atoms with van der Waals surface area (Å²) in [6.07, 6.45) is 1.25. The zero-order valence-electron chi connectivity index (χ0n) is 15.9. The van der Waals surface area contributed by atoms with Gasteiger partial charge in [-0.05, 0) is 36.2 Å². The Balaban J connectivity index is 1.33. The number of rotatable bonds is 5. The number of morpholine rings is 1. The summed E-state index contributed by atoms with van der Waals surface area (Å²) in [5, 5.41) is 0.562. The fourth-order valence-electron chi connectivity index (χ4n) is 3.57. The molecule has 150 valence electrons. The summed E-state index contributed by atoms with van der Waals surface area (Å²) >= 11 is 0. The number of carbonyl (C=O) groups excluding carboxylic acids is 1. The summed E-state index contributed by atoms with van der Waals surface area (Å²) in [6, 6.07) is 13.4. The first-order chi connectivity index (χ1) is 14.1. The molecule has 6 nitrogen and oxygen atoms in total. The van der Waals surface area contributed by atoms with Crippen LogP contribution in [-0.4, -0.2) is 40.5 Å². The van der Waals surface area contributed by atoms with Gasteiger partial charge in [-0.2, -0.15) is 0 Å². The molecule has 0 aliphatic carbocycles. The molecule has 1 fully saturated rings. The van der Waals surface area contributed by atoms with Crippen LogP contribution in [0.5, 0.6) is 0 Å². The van der Waals surface area contributed by atoms with Crippen molar-refractivity contribution in [3.05, 3.63) is 76.1 Å². The van der Waals surface area contributed by atoms with Gasteiger partial charge in [-0.3, -0.25) is 9.59 Å². The second kappa shape index (κ2) is 8.53. The molecule has 0 spiro atoms. The van der Waals surface area contributed by atoms with Gasteiger partial charge in [-0.25, -0.2) is 9.37 Å². The Morgan fingerprint density at radius 2 is 2.00 bits per heavy atom. The first kappa shape index (κ1) is 19.3. The second-order valence-corrected chi connectivity index (χ2v) is 7.13. The van der Waals surface area contributed by atoms with Gasteiger partial charge in [0.15, 0.2) is 0 Å². The number of aromatic nitrogens is 2. The first-order valence-electron chi connectivity index (χ1n) is 9.73. The highest BCUT2D eigenvalue weighted by molar-refractivity contribution is 5.77. The van der Waals surface area contributed by atoms with Crippen molar-refractivity contribution in [3.63, 3.8) is 0 Å². The number of nitrogens with zero attached hydrogens (tertiary/aromatic N) is 2. The fourth-order valence-corrected chi connectivity index (χ4v) is 3.57. The van der Waals surface area contributed by atoms with E-state index in [1.54, 1.807) is 29.2 Å². The summed E-state index contributed by atoms with van der Waals surface area (Å²) < 4.78 is 18.9. The molecule has 0 saturated carbocycles. The van der Waals surface area contributed by atoms with Crippen LogP contribution in [0.25, 0.3) is 10.9 Å². The number of hydrogen-bond acceptors (Lipinski definition) is 4. The minimum atomic E-state index is -0.294. The topological polar surface area (TPSA) is 75.3 Å². The number of halogens is 1. The van der Waals surface area contributed by atoms with Crippen molar-refractivity contribution >= 4 is 16.8 Å². The van der Waals surface area contributed by atoms with Crippen molar-refractivity contribution in [1.82, 2.24) is 14.9 Å². The highest BCUT2D eigenvalue weighted by Crippen LogP contribution is 2.23. The van der Waals surface area contributed by atoms with Crippen molar-refractivity contribution in [2.24, 2.45) is 0 Å². The van der Waals surface area contributed by atoms with Gasteiger partial charge in [0.2, 0.25) is 5.91 Å². The van der Waals surface area contributed by atoms with E-state index in [0.29, 0.717) is 55.7 Å². The van der Waals surface area contributed by atoms with Crippen molar-refractivity contribution in [1.29, 1.82) is 0 Å². The van der Waals surface area contributed by atoms with Crippen molar-refractivity contribution < 1.29 is 13.9 Å². The molecule has 1 atom stereocenters. The summed E-state index contributed by atoms with van der Waals surface area (Å²) in [5.74, 6) is 0.342. The van der Waals surface area contributed by atoms with E-state index in [4.69, 9.17) is 4.74 Å². The number of ether oxygens (including phenoxy) is 1. The third-order valence-corrected chi connectivity index (χ3v) is 5.13. The minimum absolute atomic E-state index is 0.0450. The van der Waals surface area contributed by atoms with E-state index in [1.165, 1.54) is 12.1 Å². The fraction of sp³-hybridized carbons (Fsp3) is 0.318. The Kier molecular flexibility index (Phi) is 5.67.